The lowest BCUT2D eigenvalue weighted by atomic mass is 9.94. The van der Waals surface area contributed by atoms with Crippen molar-refractivity contribution in [2.45, 2.75) is 32.3 Å². The lowest BCUT2D eigenvalue weighted by Crippen LogP contribution is -2.36. The Balaban J connectivity index is 1.66. The fraction of sp³-hybridized carbons (Fsp3) is 1.00. The molecule has 2 fully saturated rings. The molecule has 2 aliphatic rings. The van der Waals surface area contributed by atoms with Crippen molar-refractivity contribution in [2.24, 2.45) is 5.92 Å². The van der Waals surface area contributed by atoms with Crippen LogP contribution in [0.3, 0.4) is 0 Å². The first-order valence-corrected chi connectivity index (χ1v) is 5.22. The summed E-state index contributed by atoms with van der Waals surface area (Å²) in [7, 11) is 0. The summed E-state index contributed by atoms with van der Waals surface area (Å²) in [5, 5.41) is 0. The number of piperidine rings is 1. The van der Waals surface area contributed by atoms with Gasteiger partial charge in [0.05, 0.1) is 12.7 Å². The third-order valence-electron chi connectivity index (χ3n) is 3.15. The summed E-state index contributed by atoms with van der Waals surface area (Å²) >= 11 is 0. The van der Waals surface area contributed by atoms with Crippen LogP contribution in [0.2, 0.25) is 0 Å². The third-order valence-corrected chi connectivity index (χ3v) is 3.15. The van der Waals surface area contributed by atoms with E-state index < -0.39 is 0 Å². The molecule has 0 N–H and O–H groups in total. The Bertz CT molecular complexity index is 137. The number of rotatable bonds is 3. The van der Waals surface area contributed by atoms with Crippen LogP contribution in [0.4, 0.5) is 0 Å². The van der Waals surface area contributed by atoms with Gasteiger partial charge in [-0.1, -0.05) is 13.3 Å². The molecule has 12 heavy (non-hydrogen) atoms. The number of epoxide rings is 1. The minimum atomic E-state index is 0.586. The van der Waals surface area contributed by atoms with Crippen LogP contribution in [0.25, 0.3) is 0 Å². The second kappa shape index (κ2) is 3.75. The molecule has 0 aliphatic carbocycles. The fourth-order valence-corrected chi connectivity index (χ4v) is 2.04. The molecule has 0 amide bonds. The van der Waals surface area contributed by atoms with Crippen molar-refractivity contribution in [3.63, 3.8) is 0 Å². The van der Waals surface area contributed by atoms with Crippen LogP contribution in [-0.4, -0.2) is 37.2 Å². The topological polar surface area (TPSA) is 15.8 Å². The maximum atomic E-state index is 5.22. The molecule has 0 radical (unpaired) electrons. The highest BCUT2D eigenvalue weighted by atomic mass is 16.6. The van der Waals surface area contributed by atoms with Gasteiger partial charge in [0.1, 0.15) is 0 Å². The quantitative estimate of drug-likeness (QED) is 0.595. The molecule has 70 valence electrons. The summed E-state index contributed by atoms with van der Waals surface area (Å²) in [6, 6.07) is 0. The average molecular weight is 169 g/mol. The van der Waals surface area contributed by atoms with Crippen molar-refractivity contribution < 1.29 is 4.74 Å². The van der Waals surface area contributed by atoms with E-state index in [0.717, 1.165) is 12.5 Å². The maximum Gasteiger partial charge on any atom is 0.0936 e. The van der Waals surface area contributed by atoms with E-state index in [9.17, 15) is 0 Å². The van der Waals surface area contributed by atoms with E-state index in [1.807, 2.05) is 0 Å². The van der Waals surface area contributed by atoms with E-state index in [2.05, 4.69) is 11.8 Å². The first-order chi connectivity index (χ1) is 5.88. The van der Waals surface area contributed by atoms with Gasteiger partial charge in [-0.15, -0.1) is 0 Å². The molecule has 0 aromatic rings. The molecule has 2 saturated heterocycles. The van der Waals surface area contributed by atoms with Gasteiger partial charge in [0.2, 0.25) is 0 Å². The molecule has 0 bridgehead atoms. The van der Waals surface area contributed by atoms with Crippen molar-refractivity contribution in [3.8, 4) is 0 Å². The Morgan fingerprint density at radius 3 is 2.50 bits per heavy atom. The van der Waals surface area contributed by atoms with E-state index >= 15 is 0 Å². The molecule has 1 unspecified atom stereocenters. The lowest BCUT2D eigenvalue weighted by Gasteiger charge is -2.30. The summed E-state index contributed by atoms with van der Waals surface area (Å²) in [5.41, 5.74) is 0. The first-order valence-electron chi connectivity index (χ1n) is 5.22. The molecule has 0 spiro atoms. The SMILES string of the molecule is CCC1CCN(CC2CO2)CC1. The van der Waals surface area contributed by atoms with Crippen molar-refractivity contribution in [1.29, 1.82) is 0 Å². The highest BCUT2D eigenvalue weighted by molar-refractivity contribution is 4.78. The average Bonchev–Trinajstić information content (AvgIpc) is 2.90. The van der Waals surface area contributed by atoms with E-state index in [4.69, 9.17) is 4.74 Å². The molecule has 1 atom stereocenters. The summed E-state index contributed by atoms with van der Waals surface area (Å²) in [6.07, 6.45) is 4.77. The van der Waals surface area contributed by atoms with Crippen molar-refractivity contribution in [2.75, 3.05) is 26.2 Å². The summed E-state index contributed by atoms with van der Waals surface area (Å²) in [6.45, 7) is 7.12. The van der Waals surface area contributed by atoms with Gasteiger partial charge in [0, 0.05) is 6.54 Å². The molecular formula is C10H19NO. The molecule has 2 nitrogen and oxygen atoms in total. The summed E-state index contributed by atoms with van der Waals surface area (Å²) in [4.78, 5) is 2.56. The van der Waals surface area contributed by atoms with Gasteiger partial charge in [-0.3, -0.25) is 0 Å². The van der Waals surface area contributed by atoms with Crippen LogP contribution in [0.5, 0.6) is 0 Å². The van der Waals surface area contributed by atoms with Crippen LogP contribution in [0, 0.1) is 5.92 Å². The van der Waals surface area contributed by atoms with Crippen LogP contribution < -0.4 is 0 Å². The number of hydrogen-bond acceptors (Lipinski definition) is 2. The molecular weight excluding hydrogens is 150 g/mol. The highest BCUT2D eigenvalue weighted by Crippen LogP contribution is 2.21. The third kappa shape index (κ3) is 2.20. The van der Waals surface area contributed by atoms with E-state index in [-0.39, 0.29) is 0 Å². The number of likely N-dealkylation sites (tertiary alicyclic amines) is 1. The molecule has 0 aromatic carbocycles. The zero-order valence-corrected chi connectivity index (χ0v) is 7.96. The van der Waals surface area contributed by atoms with Crippen LogP contribution in [-0.2, 0) is 4.74 Å². The highest BCUT2D eigenvalue weighted by Gasteiger charge is 2.27. The number of ether oxygens (including phenoxy) is 1. The lowest BCUT2D eigenvalue weighted by molar-refractivity contribution is 0.168. The van der Waals surface area contributed by atoms with Gasteiger partial charge < -0.3 is 9.64 Å². The minimum absolute atomic E-state index is 0.586. The van der Waals surface area contributed by atoms with Crippen LogP contribution in [0.1, 0.15) is 26.2 Å². The molecule has 0 saturated carbocycles. The fourth-order valence-electron chi connectivity index (χ4n) is 2.04. The van der Waals surface area contributed by atoms with Gasteiger partial charge in [0.15, 0.2) is 0 Å². The van der Waals surface area contributed by atoms with E-state index in [1.165, 1.54) is 38.9 Å². The van der Waals surface area contributed by atoms with Crippen molar-refractivity contribution >= 4 is 0 Å². The Hall–Kier alpha value is -0.0800. The molecule has 2 aliphatic heterocycles. The Morgan fingerprint density at radius 2 is 2.00 bits per heavy atom. The maximum absolute atomic E-state index is 5.22. The predicted octanol–water partition coefficient (Wildman–Crippen LogP) is 1.51. The first kappa shape index (κ1) is 8.52. The van der Waals surface area contributed by atoms with Gasteiger partial charge >= 0.3 is 0 Å². The van der Waals surface area contributed by atoms with Crippen LogP contribution in [0.15, 0.2) is 0 Å². The zero-order chi connectivity index (χ0) is 8.39. The Kier molecular flexibility index (Phi) is 2.66. The van der Waals surface area contributed by atoms with Crippen molar-refractivity contribution in [1.82, 2.24) is 4.90 Å². The second-order valence-electron chi connectivity index (χ2n) is 4.11. The second-order valence-corrected chi connectivity index (χ2v) is 4.11. The predicted molar refractivity (Wildman–Crippen MR) is 49.2 cm³/mol. The largest absolute Gasteiger partial charge is 0.372 e. The number of hydrogen-bond donors (Lipinski definition) is 0. The Labute approximate surface area is 74.9 Å². The molecule has 2 heterocycles. The number of nitrogens with zero attached hydrogens (tertiary/aromatic N) is 1. The minimum Gasteiger partial charge on any atom is -0.372 e. The van der Waals surface area contributed by atoms with Gasteiger partial charge in [-0.2, -0.15) is 0 Å². The monoisotopic (exact) mass is 169 g/mol. The van der Waals surface area contributed by atoms with Crippen molar-refractivity contribution in [3.05, 3.63) is 0 Å². The van der Waals surface area contributed by atoms with Gasteiger partial charge in [-0.25, -0.2) is 0 Å². The van der Waals surface area contributed by atoms with Gasteiger partial charge in [0.25, 0.3) is 0 Å². The smallest absolute Gasteiger partial charge is 0.0936 e. The summed E-state index contributed by atoms with van der Waals surface area (Å²) in [5.74, 6) is 1.00. The zero-order valence-electron chi connectivity index (χ0n) is 7.96. The van der Waals surface area contributed by atoms with Crippen LogP contribution >= 0.6 is 0 Å². The Morgan fingerprint density at radius 1 is 1.33 bits per heavy atom. The summed E-state index contributed by atoms with van der Waals surface area (Å²) < 4.78 is 5.22. The molecule has 2 rings (SSSR count). The molecule has 0 aromatic heterocycles. The van der Waals surface area contributed by atoms with E-state index in [1.54, 1.807) is 0 Å². The normalized spacial score (nSPS) is 32.2. The van der Waals surface area contributed by atoms with Gasteiger partial charge in [-0.05, 0) is 31.8 Å². The molecule has 2 heteroatoms. The standard InChI is InChI=1S/C10H19NO/c1-2-9-3-5-11(6-4-9)7-10-8-12-10/h9-10H,2-8H2,1H3. The van der Waals surface area contributed by atoms with E-state index in [0.29, 0.717) is 6.10 Å².